The molecule has 0 aliphatic carbocycles. The van der Waals surface area contributed by atoms with Crippen molar-refractivity contribution in [3.05, 3.63) is 71.2 Å². The molecule has 0 amide bonds. The van der Waals surface area contributed by atoms with Crippen LogP contribution in [0.3, 0.4) is 0 Å². The van der Waals surface area contributed by atoms with Crippen LogP contribution in [-0.4, -0.2) is 0 Å². The molecule has 102 valence electrons. The highest BCUT2D eigenvalue weighted by molar-refractivity contribution is 6.21. The van der Waals surface area contributed by atoms with Crippen molar-refractivity contribution in [2.45, 2.75) is 25.6 Å². The second kappa shape index (κ2) is 5.34. The lowest BCUT2D eigenvalue weighted by molar-refractivity contribution is 0.500. The molecule has 0 spiro atoms. The van der Waals surface area contributed by atoms with Gasteiger partial charge in [-0.3, -0.25) is 0 Å². The molecule has 1 aromatic heterocycles. The van der Waals surface area contributed by atoms with E-state index in [9.17, 15) is 0 Å². The van der Waals surface area contributed by atoms with Crippen molar-refractivity contribution >= 4 is 22.4 Å². The van der Waals surface area contributed by atoms with Crippen molar-refractivity contribution in [3.63, 3.8) is 0 Å². The molecule has 0 saturated heterocycles. The number of rotatable bonds is 3. The first kappa shape index (κ1) is 13.3. The summed E-state index contributed by atoms with van der Waals surface area (Å²) >= 11 is 6.60. The molecule has 2 aromatic carbocycles. The summed E-state index contributed by atoms with van der Waals surface area (Å²) in [6.07, 6.45) is 0.808. The lowest BCUT2D eigenvalue weighted by Crippen LogP contribution is -1.97. The minimum absolute atomic E-state index is 0.0572. The van der Waals surface area contributed by atoms with Crippen molar-refractivity contribution in [1.29, 1.82) is 0 Å². The van der Waals surface area contributed by atoms with Crippen LogP contribution in [0.2, 0.25) is 0 Å². The third kappa shape index (κ3) is 2.46. The molecule has 2 heteroatoms. The van der Waals surface area contributed by atoms with Crippen LogP contribution in [0.4, 0.5) is 0 Å². The molecule has 20 heavy (non-hydrogen) atoms. The molecule has 1 heterocycles. The van der Waals surface area contributed by atoms with Crippen LogP contribution in [0.15, 0.2) is 52.9 Å². The standard InChI is InChI=1S/C18H17ClO/c1-12-10-17(13(2)20-12)18(19)11-15-8-5-7-14-6-3-4-9-16(14)15/h3-10,18H,11H2,1-2H3. The fraction of sp³-hybridized carbons (Fsp3) is 0.222. The van der Waals surface area contributed by atoms with E-state index in [1.54, 1.807) is 0 Å². The number of benzene rings is 2. The van der Waals surface area contributed by atoms with Gasteiger partial charge in [-0.1, -0.05) is 42.5 Å². The number of hydrogen-bond donors (Lipinski definition) is 0. The van der Waals surface area contributed by atoms with Crippen LogP contribution in [0.5, 0.6) is 0 Å². The Bertz CT molecular complexity index is 737. The van der Waals surface area contributed by atoms with Gasteiger partial charge in [-0.25, -0.2) is 0 Å². The Morgan fingerprint density at radius 3 is 2.55 bits per heavy atom. The molecule has 0 fully saturated rings. The predicted molar refractivity (Wildman–Crippen MR) is 84.4 cm³/mol. The van der Waals surface area contributed by atoms with Crippen LogP contribution < -0.4 is 0 Å². The first-order valence-corrected chi connectivity index (χ1v) is 7.26. The van der Waals surface area contributed by atoms with Gasteiger partial charge in [0.2, 0.25) is 0 Å². The molecule has 3 aromatic rings. The minimum atomic E-state index is -0.0572. The molecule has 3 rings (SSSR count). The molecule has 0 saturated carbocycles. The summed E-state index contributed by atoms with van der Waals surface area (Å²) in [5, 5.41) is 2.48. The molecule has 0 N–H and O–H groups in total. The third-order valence-corrected chi connectivity index (χ3v) is 4.09. The normalized spacial score (nSPS) is 12.8. The van der Waals surface area contributed by atoms with E-state index in [-0.39, 0.29) is 5.38 Å². The van der Waals surface area contributed by atoms with Gasteiger partial charge in [0.1, 0.15) is 11.5 Å². The van der Waals surface area contributed by atoms with Gasteiger partial charge in [0.15, 0.2) is 0 Å². The lowest BCUT2D eigenvalue weighted by atomic mass is 9.98. The van der Waals surface area contributed by atoms with Crippen LogP contribution in [0, 0.1) is 13.8 Å². The van der Waals surface area contributed by atoms with E-state index < -0.39 is 0 Å². The molecule has 0 aliphatic heterocycles. The Hall–Kier alpha value is -1.73. The molecule has 1 nitrogen and oxygen atoms in total. The van der Waals surface area contributed by atoms with E-state index in [4.69, 9.17) is 16.0 Å². The summed E-state index contributed by atoms with van der Waals surface area (Å²) < 4.78 is 5.58. The average molecular weight is 285 g/mol. The second-order valence-electron chi connectivity index (χ2n) is 5.18. The summed E-state index contributed by atoms with van der Waals surface area (Å²) in [5.41, 5.74) is 2.37. The van der Waals surface area contributed by atoms with Crippen molar-refractivity contribution in [2.24, 2.45) is 0 Å². The Morgan fingerprint density at radius 2 is 1.80 bits per heavy atom. The Balaban J connectivity index is 1.95. The maximum atomic E-state index is 6.60. The molecule has 0 bridgehead atoms. The van der Waals surface area contributed by atoms with Crippen molar-refractivity contribution in [2.75, 3.05) is 0 Å². The largest absolute Gasteiger partial charge is 0.466 e. The van der Waals surface area contributed by atoms with Crippen molar-refractivity contribution in [3.8, 4) is 0 Å². The van der Waals surface area contributed by atoms with E-state index in [1.807, 2.05) is 19.9 Å². The van der Waals surface area contributed by atoms with Crippen LogP contribution >= 0.6 is 11.6 Å². The quantitative estimate of drug-likeness (QED) is 0.573. The summed E-state index contributed by atoms with van der Waals surface area (Å²) in [5.74, 6) is 1.84. The fourth-order valence-corrected chi connectivity index (χ4v) is 3.12. The minimum Gasteiger partial charge on any atom is -0.466 e. The van der Waals surface area contributed by atoms with Crippen molar-refractivity contribution in [1.82, 2.24) is 0 Å². The predicted octanol–water partition coefficient (Wildman–Crippen LogP) is 5.57. The first-order chi connectivity index (χ1) is 9.65. The Labute approximate surface area is 124 Å². The molecule has 1 unspecified atom stereocenters. The number of hydrogen-bond acceptors (Lipinski definition) is 1. The highest BCUT2D eigenvalue weighted by atomic mass is 35.5. The van der Waals surface area contributed by atoms with E-state index in [0.29, 0.717) is 0 Å². The van der Waals surface area contributed by atoms with Crippen molar-refractivity contribution < 1.29 is 4.42 Å². The van der Waals surface area contributed by atoms with Gasteiger partial charge in [0.05, 0.1) is 5.38 Å². The average Bonchev–Trinajstić information content (AvgIpc) is 2.78. The SMILES string of the molecule is Cc1cc(C(Cl)Cc2cccc3ccccc23)c(C)o1. The summed E-state index contributed by atoms with van der Waals surface area (Å²) in [6, 6.07) is 16.8. The van der Waals surface area contributed by atoms with Crippen LogP contribution in [0.25, 0.3) is 10.8 Å². The Kier molecular flexibility index (Phi) is 3.54. The van der Waals surface area contributed by atoms with Gasteiger partial charge in [-0.05, 0) is 42.7 Å². The number of aryl methyl sites for hydroxylation is 2. The van der Waals surface area contributed by atoms with E-state index in [1.165, 1.54) is 16.3 Å². The highest BCUT2D eigenvalue weighted by Crippen LogP contribution is 2.32. The van der Waals surface area contributed by atoms with Crippen LogP contribution in [0.1, 0.15) is 28.0 Å². The highest BCUT2D eigenvalue weighted by Gasteiger charge is 2.16. The lowest BCUT2D eigenvalue weighted by Gasteiger charge is -2.11. The molecular weight excluding hydrogens is 268 g/mol. The monoisotopic (exact) mass is 284 g/mol. The van der Waals surface area contributed by atoms with Gasteiger partial charge < -0.3 is 4.42 Å². The number of alkyl halides is 1. The topological polar surface area (TPSA) is 13.1 Å². The van der Waals surface area contributed by atoms with E-state index in [0.717, 1.165) is 23.5 Å². The maximum Gasteiger partial charge on any atom is 0.105 e. The van der Waals surface area contributed by atoms with Gasteiger partial charge >= 0.3 is 0 Å². The summed E-state index contributed by atoms with van der Waals surface area (Å²) in [4.78, 5) is 0. The molecule has 0 radical (unpaired) electrons. The molecule has 0 aliphatic rings. The van der Waals surface area contributed by atoms with Gasteiger partial charge in [0.25, 0.3) is 0 Å². The van der Waals surface area contributed by atoms with Gasteiger partial charge in [0, 0.05) is 5.56 Å². The second-order valence-corrected chi connectivity index (χ2v) is 5.71. The van der Waals surface area contributed by atoms with Gasteiger partial charge in [-0.15, -0.1) is 11.6 Å². The smallest absolute Gasteiger partial charge is 0.105 e. The third-order valence-electron chi connectivity index (χ3n) is 3.70. The molecule has 1 atom stereocenters. The summed E-state index contributed by atoms with van der Waals surface area (Å²) in [7, 11) is 0. The van der Waals surface area contributed by atoms with E-state index >= 15 is 0 Å². The number of fused-ring (bicyclic) bond motifs is 1. The number of halogens is 1. The zero-order valence-electron chi connectivity index (χ0n) is 11.7. The fourth-order valence-electron chi connectivity index (χ4n) is 2.73. The maximum absolute atomic E-state index is 6.60. The van der Waals surface area contributed by atoms with Crippen LogP contribution in [-0.2, 0) is 6.42 Å². The molecular formula is C18H17ClO. The zero-order chi connectivity index (χ0) is 14.1. The zero-order valence-corrected chi connectivity index (χ0v) is 12.4. The number of furan rings is 1. The van der Waals surface area contributed by atoms with E-state index in [2.05, 4.69) is 42.5 Å². The van der Waals surface area contributed by atoms with Gasteiger partial charge in [-0.2, -0.15) is 0 Å². The Morgan fingerprint density at radius 1 is 1.05 bits per heavy atom. The first-order valence-electron chi connectivity index (χ1n) is 6.83. The summed E-state index contributed by atoms with van der Waals surface area (Å²) in [6.45, 7) is 3.93.